The number of aromatic nitrogens is 1. The predicted octanol–water partition coefficient (Wildman–Crippen LogP) is 3.81. The highest BCUT2D eigenvalue weighted by atomic mass is 16.6. The Morgan fingerprint density at radius 3 is 2.61 bits per heavy atom. The Labute approximate surface area is 132 Å². The fraction of sp³-hybridized carbons (Fsp3) is 0.0556. The molecular weight excluding hydrogens is 290 g/mol. The second-order valence-electron chi connectivity index (χ2n) is 5.14. The maximum atomic E-state index is 10.6. The monoisotopic (exact) mass is 303 g/mol. The molecule has 0 saturated heterocycles. The van der Waals surface area contributed by atoms with Gasteiger partial charge in [-0.1, -0.05) is 30.3 Å². The van der Waals surface area contributed by atoms with E-state index in [1.165, 1.54) is 6.08 Å². The molecule has 0 bridgehead atoms. The summed E-state index contributed by atoms with van der Waals surface area (Å²) in [7, 11) is 0. The van der Waals surface area contributed by atoms with Gasteiger partial charge < -0.3 is 4.57 Å². The predicted molar refractivity (Wildman–Crippen MR) is 88.2 cm³/mol. The zero-order valence-corrected chi connectivity index (χ0v) is 12.2. The summed E-state index contributed by atoms with van der Waals surface area (Å²) in [5.74, 6) is 0. The molecular formula is C18H13N3O2. The molecule has 0 aliphatic rings. The third-order valence-electron chi connectivity index (χ3n) is 3.63. The largest absolute Gasteiger partial charge is 0.342 e. The molecule has 3 aromatic rings. The van der Waals surface area contributed by atoms with Gasteiger partial charge in [0.2, 0.25) is 6.20 Å². The summed E-state index contributed by atoms with van der Waals surface area (Å²) in [5.41, 5.74) is 3.51. The molecule has 0 N–H and O–H groups in total. The average molecular weight is 303 g/mol. The zero-order chi connectivity index (χ0) is 16.2. The van der Waals surface area contributed by atoms with Gasteiger partial charge in [0, 0.05) is 35.3 Å². The number of fused-ring (bicyclic) bond motifs is 1. The zero-order valence-electron chi connectivity index (χ0n) is 12.2. The van der Waals surface area contributed by atoms with Gasteiger partial charge >= 0.3 is 0 Å². The molecule has 0 fully saturated rings. The molecule has 0 amide bonds. The lowest BCUT2D eigenvalue weighted by Crippen LogP contribution is -1.97. The highest BCUT2D eigenvalue weighted by Gasteiger charge is 2.07. The number of nitrogens with zero attached hydrogens (tertiary/aromatic N) is 3. The van der Waals surface area contributed by atoms with Crippen molar-refractivity contribution in [1.82, 2.24) is 4.57 Å². The van der Waals surface area contributed by atoms with Gasteiger partial charge in [-0.05, 0) is 23.8 Å². The van der Waals surface area contributed by atoms with Crippen molar-refractivity contribution in [3.8, 4) is 6.07 Å². The van der Waals surface area contributed by atoms with Gasteiger partial charge in [0.05, 0.1) is 16.6 Å². The van der Waals surface area contributed by atoms with Crippen molar-refractivity contribution < 1.29 is 4.92 Å². The quantitative estimate of drug-likeness (QED) is 0.543. The minimum absolute atomic E-state index is 0.466. The maximum Gasteiger partial charge on any atom is 0.235 e. The van der Waals surface area contributed by atoms with Crippen molar-refractivity contribution in [2.24, 2.45) is 0 Å². The Bertz CT molecular complexity index is 931. The van der Waals surface area contributed by atoms with Crippen molar-refractivity contribution in [1.29, 1.82) is 5.26 Å². The van der Waals surface area contributed by atoms with E-state index in [4.69, 9.17) is 5.26 Å². The molecule has 0 aliphatic heterocycles. The Morgan fingerprint density at radius 2 is 1.91 bits per heavy atom. The normalized spacial score (nSPS) is 10.9. The van der Waals surface area contributed by atoms with E-state index in [1.807, 2.05) is 42.6 Å². The van der Waals surface area contributed by atoms with Gasteiger partial charge in [0.25, 0.3) is 0 Å². The Kier molecular flexibility index (Phi) is 3.89. The molecule has 1 aromatic heterocycles. The molecule has 0 radical (unpaired) electrons. The second-order valence-corrected chi connectivity index (χ2v) is 5.14. The van der Waals surface area contributed by atoms with E-state index in [-0.39, 0.29) is 0 Å². The van der Waals surface area contributed by atoms with Crippen LogP contribution in [0.5, 0.6) is 0 Å². The summed E-state index contributed by atoms with van der Waals surface area (Å²) >= 11 is 0. The van der Waals surface area contributed by atoms with Crippen molar-refractivity contribution in [2.75, 3.05) is 0 Å². The van der Waals surface area contributed by atoms with E-state index < -0.39 is 4.92 Å². The topological polar surface area (TPSA) is 71.9 Å². The van der Waals surface area contributed by atoms with Gasteiger partial charge in [0.1, 0.15) is 0 Å². The van der Waals surface area contributed by atoms with Crippen LogP contribution in [0.3, 0.4) is 0 Å². The molecule has 1 heterocycles. The molecule has 5 nitrogen and oxygen atoms in total. The summed E-state index contributed by atoms with van der Waals surface area (Å²) in [5, 5.41) is 20.4. The lowest BCUT2D eigenvalue weighted by molar-refractivity contribution is -0.400. The fourth-order valence-electron chi connectivity index (χ4n) is 2.56. The van der Waals surface area contributed by atoms with Gasteiger partial charge in [0.15, 0.2) is 0 Å². The average Bonchev–Trinajstić information content (AvgIpc) is 2.92. The maximum absolute atomic E-state index is 10.6. The third kappa shape index (κ3) is 3.11. The summed E-state index contributed by atoms with van der Waals surface area (Å²) < 4.78 is 2.05. The minimum atomic E-state index is -0.466. The number of rotatable bonds is 4. The number of hydrogen-bond acceptors (Lipinski definition) is 3. The molecule has 0 atom stereocenters. The number of benzene rings is 2. The van der Waals surface area contributed by atoms with Crippen molar-refractivity contribution in [2.45, 2.75) is 6.54 Å². The van der Waals surface area contributed by atoms with E-state index in [9.17, 15) is 10.1 Å². The summed E-state index contributed by atoms with van der Waals surface area (Å²) in [4.78, 5) is 10.1. The van der Waals surface area contributed by atoms with Crippen LogP contribution >= 0.6 is 0 Å². The van der Waals surface area contributed by atoms with Crippen LogP contribution in [0, 0.1) is 21.4 Å². The Balaban J connectivity index is 2.00. The van der Waals surface area contributed by atoms with E-state index in [1.54, 1.807) is 12.1 Å². The Morgan fingerprint density at radius 1 is 1.17 bits per heavy atom. The summed E-state index contributed by atoms with van der Waals surface area (Å²) in [6.07, 6.45) is 4.37. The van der Waals surface area contributed by atoms with E-state index >= 15 is 0 Å². The molecule has 112 valence electrons. The van der Waals surface area contributed by atoms with Crippen molar-refractivity contribution in [3.05, 3.63) is 87.7 Å². The first kappa shape index (κ1) is 14.5. The SMILES string of the molecule is N#Cc1ccc(Cn2cc(/C=C/[N+](=O)[O-])c3ccccc32)cc1. The van der Waals surface area contributed by atoms with Crippen LogP contribution in [-0.2, 0) is 6.54 Å². The second kappa shape index (κ2) is 6.16. The number of hydrogen-bond donors (Lipinski definition) is 0. The first-order chi connectivity index (χ1) is 11.2. The fourth-order valence-corrected chi connectivity index (χ4v) is 2.56. The van der Waals surface area contributed by atoms with E-state index in [2.05, 4.69) is 10.6 Å². The van der Waals surface area contributed by atoms with E-state index in [0.29, 0.717) is 12.1 Å². The first-order valence-electron chi connectivity index (χ1n) is 7.06. The van der Waals surface area contributed by atoms with Crippen molar-refractivity contribution >= 4 is 17.0 Å². The Hall–Kier alpha value is -3.39. The molecule has 0 aliphatic carbocycles. The number of para-hydroxylation sites is 1. The minimum Gasteiger partial charge on any atom is -0.342 e. The molecule has 0 spiro atoms. The van der Waals surface area contributed by atoms with Crippen molar-refractivity contribution in [3.63, 3.8) is 0 Å². The van der Waals surface area contributed by atoms with Gasteiger partial charge in [-0.15, -0.1) is 0 Å². The standard InChI is InChI=1S/C18H13N3O2/c19-11-14-5-7-15(8-6-14)12-20-13-16(9-10-21(22)23)17-3-1-2-4-18(17)20/h1-10,13H,12H2/b10-9+. The third-order valence-corrected chi connectivity index (χ3v) is 3.63. The van der Waals surface area contributed by atoms with Crippen LogP contribution in [0.2, 0.25) is 0 Å². The smallest absolute Gasteiger partial charge is 0.235 e. The van der Waals surface area contributed by atoms with Crippen LogP contribution < -0.4 is 0 Å². The van der Waals surface area contributed by atoms with E-state index in [0.717, 1.165) is 28.2 Å². The number of nitro groups is 1. The molecule has 2 aromatic carbocycles. The van der Waals surface area contributed by atoms with Crippen LogP contribution in [0.4, 0.5) is 0 Å². The molecule has 23 heavy (non-hydrogen) atoms. The van der Waals surface area contributed by atoms with Crippen LogP contribution in [-0.4, -0.2) is 9.49 Å². The van der Waals surface area contributed by atoms with Crippen LogP contribution in [0.1, 0.15) is 16.7 Å². The lowest BCUT2D eigenvalue weighted by Gasteiger charge is -2.05. The van der Waals surface area contributed by atoms with Crippen LogP contribution in [0.25, 0.3) is 17.0 Å². The molecule has 0 saturated carbocycles. The summed E-state index contributed by atoms with van der Waals surface area (Å²) in [6.45, 7) is 0.637. The van der Waals surface area contributed by atoms with Gasteiger partial charge in [-0.2, -0.15) is 5.26 Å². The first-order valence-corrected chi connectivity index (χ1v) is 7.06. The highest BCUT2D eigenvalue weighted by Crippen LogP contribution is 2.23. The molecule has 5 heteroatoms. The van der Waals surface area contributed by atoms with Gasteiger partial charge in [-0.3, -0.25) is 10.1 Å². The molecule has 3 rings (SSSR count). The van der Waals surface area contributed by atoms with Gasteiger partial charge in [-0.25, -0.2) is 0 Å². The van der Waals surface area contributed by atoms with Crippen LogP contribution in [0.15, 0.2) is 60.9 Å². The summed E-state index contributed by atoms with van der Waals surface area (Å²) in [6, 6.07) is 17.3. The number of nitriles is 1. The lowest BCUT2D eigenvalue weighted by atomic mass is 10.1. The highest BCUT2D eigenvalue weighted by molar-refractivity contribution is 5.89. The molecule has 0 unspecified atom stereocenters.